The van der Waals surface area contributed by atoms with Gasteiger partial charge in [-0.3, -0.25) is 9.69 Å². The fourth-order valence-electron chi connectivity index (χ4n) is 2.84. The number of likely N-dealkylation sites (tertiary alicyclic amines) is 1. The first-order valence-corrected chi connectivity index (χ1v) is 7.56. The number of amides is 1. The molecule has 2 rings (SSSR count). The van der Waals surface area contributed by atoms with Crippen molar-refractivity contribution in [2.45, 2.75) is 19.4 Å². The lowest BCUT2D eigenvalue weighted by molar-refractivity contribution is -0.122. The molecule has 1 heterocycles. The quantitative estimate of drug-likeness (QED) is 0.836. The molecule has 1 amide bonds. The molecule has 0 spiro atoms. The van der Waals surface area contributed by atoms with Crippen LogP contribution in [0.1, 0.15) is 18.4 Å². The normalized spacial score (nSPS) is 18.5. The lowest BCUT2D eigenvalue weighted by atomic mass is 9.98. The van der Waals surface area contributed by atoms with Crippen LogP contribution in [0.25, 0.3) is 0 Å². The minimum absolute atomic E-state index is 0. The largest absolute Gasteiger partial charge is 0.351 e. The molecule has 6 heteroatoms. The summed E-state index contributed by atoms with van der Waals surface area (Å²) in [7, 11) is 1.96. The minimum atomic E-state index is -0.273. The lowest BCUT2D eigenvalue weighted by Crippen LogP contribution is -2.44. The van der Waals surface area contributed by atoms with Gasteiger partial charge in [0.25, 0.3) is 0 Å². The van der Waals surface area contributed by atoms with Crippen molar-refractivity contribution < 1.29 is 9.18 Å². The van der Waals surface area contributed by atoms with Crippen molar-refractivity contribution in [1.82, 2.24) is 15.5 Å². The van der Waals surface area contributed by atoms with Gasteiger partial charge in [-0.25, -0.2) is 4.39 Å². The van der Waals surface area contributed by atoms with E-state index in [0.717, 1.165) is 26.1 Å². The molecule has 0 saturated carbocycles. The molecule has 2 N–H and O–H groups in total. The Labute approximate surface area is 137 Å². The Hall–Kier alpha value is -1.17. The Kier molecular flexibility index (Phi) is 8.38. The molecule has 4 nitrogen and oxygen atoms in total. The third-order valence-corrected chi connectivity index (χ3v) is 3.90. The Bertz CT molecular complexity index is 470. The maximum atomic E-state index is 13.5. The minimum Gasteiger partial charge on any atom is -0.351 e. The zero-order valence-electron chi connectivity index (χ0n) is 13.0. The van der Waals surface area contributed by atoms with Crippen molar-refractivity contribution in [2.75, 3.05) is 33.2 Å². The smallest absolute Gasteiger partial charge is 0.234 e. The van der Waals surface area contributed by atoms with Crippen LogP contribution >= 0.6 is 12.4 Å². The van der Waals surface area contributed by atoms with E-state index in [-0.39, 0.29) is 30.7 Å². The molecule has 1 unspecified atom stereocenters. The van der Waals surface area contributed by atoms with Crippen molar-refractivity contribution in [3.8, 4) is 0 Å². The zero-order valence-corrected chi connectivity index (χ0v) is 13.8. The number of carbonyl (C=O) groups excluding carboxylic acids is 1. The summed E-state index contributed by atoms with van der Waals surface area (Å²) in [6.07, 6.45) is 2.35. The summed E-state index contributed by atoms with van der Waals surface area (Å²) in [6, 6.07) is 6.53. The highest BCUT2D eigenvalue weighted by Crippen LogP contribution is 2.15. The van der Waals surface area contributed by atoms with Gasteiger partial charge >= 0.3 is 0 Å². The lowest BCUT2D eigenvalue weighted by Gasteiger charge is -2.32. The molecule has 124 valence electrons. The summed E-state index contributed by atoms with van der Waals surface area (Å²) < 4.78 is 13.5. The number of benzene rings is 1. The van der Waals surface area contributed by atoms with Crippen LogP contribution < -0.4 is 10.6 Å². The fourth-order valence-corrected chi connectivity index (χ4v) is 2.84. The van der Waals surface area contributed by atoms with Gasteiger partial charge in [-0.15, -0.1) is 12.4 Å². The molecular weight excluding hydrogens is 305 g/mol. The van der Waals surface area contributed by atoms with Gasteiger partial charge in [0.15, 0.2) is 0 Å². The first-order valence-electron chi connectivity index (χ1n) is 7.56. The van der Waals surface area contributed by atoms with Crippen LogP contribution in [-0.4, -0.2) is 44.0 Å². The van der Waals surface area contributed by atoms with Gasteiger partial charge in [-0.1, -0.05) is 18.2 Å². The summed E-state index contributed by atoms with van der Waals surface area (Å²) >= 11 is 0. The van der Waals surface area contributed by atoms with Crippen LogP contribution in [0.5, 0.6) is 0 Å². The number of halogens is 2. The van der Waals surface area contributed by atoms with E-state index in [2.05, 4.69) is 15.5 Å². The second-order valence-electron chi connectivity index (χ2n) is 5.67. The molecule has 1 fully saturated rings. The second-order valence-corrected chi connectivity index (χ2v) is 5.67. The molecule has 0 aliphatic carbocycles. The van der Waals surface area contributed by atoms with E-state index in [1.54, 1.807) is 18.2 Å². The van der Waals surface area contributed by atoms with Crippen LogP contribution in [0.3, 0.4) is 0 Å². The van der Waals surface area contributed by atoms with Gasteiger partial charge in [0, 0.05) is 18.7 Å². The van der Waals surface area contributed by atoms with Gasteiger partial charge in [0.2, 0.25) is 5.91 Å². The highest BCUT2D eigenvalue weighted by molar-refractivity contribution is 5.85. The van der Waals surface area contributed by atoms with E-state index in [1.807, 2.05) is 7.05 Å². The number of rotatable bonds is 6. The molecule has 0 aromatic heterocycles. The summed E-state index contributed by atoms with van der Waals surface area (Å²) in [4.78, 5) is 14.2. The fraction of sp³-hybridized carbons (Fsp3) is 0.562. The van der Waals surface area contributed by atoms with E-state index < -0.39 is 0 Å². The monoisotopic (exact) mass is 329 g/mol. The molecule has 0 bridgehead atoms. The summed E-state index contributed by atoms with van der Waals surface area (Å²) in [6.45, 7) is 3.56. The van der Waals surface area contributed by atoms with Crippen LogP contribution in [0.2, 0.25) is 0 Å². The topological polar surface area (TPSA) is 44.4 Å². The first-order chi connectivity index (χ1) is 10.2. The molecule has 1 aromatic carbocycles. The van der Waals surface area contributed by atoms with Crippen molar-refractivity contribution in [3.05, 3.63) is 35.6 Å². The highest BCUT2D eigenvalue weighted by Gasteiger charge is 2.20. The maximum Gasteiger partial charge on any atom is 0.234 e. The van der Waals surface area contributed by atoms with E-state index in [4.69, 9.17) is 0 Å². The molecule has 1 atom stereocenters. The molecule has 1 aliphatic rings. The number of hydrogen-bond acceptors (Lipinski definition) is 3. The average molecular weight is 330 g/mol. The van der Waals surface area contributed by atoms with Gasteiger partial charge < -0.3 is 10.6 Å². The zero-order chi connectivity index (χ0) is 15.1. The number of hydrogen-bond donors (Lipinski definition) is 2. The SMILES string of the molecule is CNCC1CCCN(CC(=O)NCc2ccccc2F)C1.Cl. The number of nitrogens with one attached hydrogen (secondary N) is 2. The molecule has 0 radical (unpaired) electrons. The summed E-state index contributed by atoms with van der Waals surface area (Å²) in [5.41, 5.74) is 0.526. The predicted octanol–water partition coefficient (Wildman–Crippen LogP) is 1.80. The van der Waals surface area contributed by atoms with E-state index in [0.29, 0.717) is 18.0 Å². The average Bonchev–Trinajstić information content (AvgIpc) is 2.47. The first kappa shape index (κ1) is 18.9. The van der Waals surface area contributed by atoms with Crippen LogP contribution in [-0.2, 0) is 11.3 Å². The standard InChI is InChI=1S/C16H24FN3O.ClH/c1-18-9-13-5-4-8-20(11-13)12-16(21)19-10-14-6-2-3-7-15(14)17;/h2-3,6-7,13,18H,4-5,8-12H2,1H3,(H,19,21);1H. The summed E-state index contributed by atoms with van der Waals surface area (Å²) in [5.74, 6) is 0.302. The Morgan fingerprint density at radius 3 is 2.91 bits per heavy atom. The number of carbonyl (C=O) groups is 1. The predicted molar refractivity (Wildman–Crippen MR) is 88.6 cm³/mol. The third kappa shape index (κ3) is 5.91. The third-order valence-electron chi connectivity index (χ3n) is 3.90. The summed E-state index contributed by atoms with van der Waals surface area (Å²) in [5, 5.41) is 5.99. The molecule has 1 saturated heterocycles. The highest BCUT2D eigenvalue weighted by atomic mass is 35.5. The van der Waals surface area contributed by atoms with Crippen molar-refractivity contribution in [3.63, 3.8) is 0 Å². The van der Waals surface area contributed by atoms with Crippen LogP contribution in [0, 0.1) is 11.7 Å². The van der Waals surface area contributed by atoms with Crippen LogP contribution in [0.4, 0.5) is 4.39 Å². The van der Waals surface area contributed by atoms with Crippen LogP contribution in [0.15, 0.2) is 24.3 Å². The van der Waals surface area contributed by atoms with Gasteiger partial charge in [0.1, 0.15) is 5.82 Å². The van der Waals surface area contributed by atoms with Gasteiger partial charge in [0.05, 0.1) is 6.54 Å². The van der Waals surface area contributed by atoms with E-state index in [9.17, 15) is 9.18 Å². The van der Waals surface area contributed by atoms with Crippen molar-refractivity contribution >= 4 is 18.3 Å². The maximum absolute atomic E-state index is 13.5. The Balaban J connectivity index is 0.00000242. The van der Waals surface area contributed by atoms with E-state index >= 15 is 0 Å². The van der Waals surface area contributed by atoms with Gasteiger partial charge in [-0.2, -0.15) is 0 Å². The van der Waals surface area contributed by atoms with E-state index in [1.165, 1.54) is 12.5 Å². The van der Waals surface area contributed by atoms with Gasteiger partial charge in [-0.05, 0) is 45.0 Å². The Morgan fingerprint density at radius 1 is 1.41 bits per heavy atom. The Morgan fingerprint density at radius 2 is 2.18 bits per heavy atom. The number of piperidine rings is 1. The molecule has 1 aliphatic heterocycles. The second kappa shape index (κ2) is 9.77. The van der Waals surface area contributed by atoms with Crippen molar-refractivity contribution in [1.29, 1.82) is 0 Å². The number of nitrogens with zero attached hydrogens (tertiary/aromatic N) is 1. The molecule has 1 aromatic rings. The molecule has 22 heavy (non-hydrogen) atoms. The van der Waals surface area contributed by atoms with Crippen molar-refractivity contribution in [2.24, 2.45) is 5.92 Å². The molecular formula is C16H25ClFN3O.